The van der Waals surface area contributed by atoms with Crippen LogP contribution >= 0.6 is 0 Å². The van der Waals surface area contributed by atoms with Gasteiger partial charge in [0.2, 0.25) is 0 Å². The van der Waals surface area contributed by atoms with Crippen molar-refractivity contribution in [1.29, 1.82) is 0 Å². The van der Waals surface area contributed by atoms with Gasteiger partial charge in [0.25, 0.3) is 0 Å². The fraction of sp³-hybridized carbons (Fsp3) is 0.600. The predicted octanol–water partition coefficient (Wildman–Crippen LogP) is 4.13. The molecule has 0 spiro atoms. The molecular weight excluding hydrogens is 248 g/mol. The number of hydrogen-bond acceptors (Lipinski definition) is 2. The molecule has 0 aromatic heterocycles. The summed E-state index contributed by atoms with van der Waals surface area (Å²) in [4.78, 5) is 0. The maximum Gasteiger partial charge on any atom is 0.387 e. The van der Waals surface area contributed by atoms with Crippen molar-refractivity contribution in [2.24, 2.45) is 5.92 Å². The lowest BCUT2D eigenvalue weighted by atomic mass is 9.94. The summed E-state index contributed by atoms with van der Waals surface area (Å²) in [5, 5.41) is 3.32. The van der Waals surface area contributed by atoms with E-state index in [1.54, 1.807) is 12.1 Å². The van der Waals surface area contributed by atoms with E-state index in [1.165, 1.54) is 25.7 Å². The average molecular weight is 269 g/mol. The molecule has 1 atom stereocenters. The topological polar surface area (TPSA) is 21.3 Å². The molecule has 1 N–H and O–H groups in total. The second kappa shape index (κ2) is 6.85. The van der Waals surface area contributed by atoms with Gasteiger partial charge in [-0.2, -0.15) is 8.78 Å². The minimum absolute atomic E-state index is 0.217. The lowest BCUT2D eigenvalue weighted by Crippen LogP contribution is -2.19. The van der Waals surface area contributed by atoms with Crippen molar-refractivity contribution >= 4 is 0 Å². The molecule has 0 saturated heterocycles. The molecule has 1 saturated carbocycles. The Morgan fingerprint density at radius 1 is 1.21 bits per heavy atom. The van der Waals surface area contributed by atoms with Crippen LogP contribution in [-0.4, -0.2) is 13.7 Å². The van der Waals surface area contributed by atoms with Crippen LogP contribution in [0.3, 0.4) is 0 Å². The predicted molar refractivity (Wildman–Crippen MR) is 71.4 cm³/mol. The zero-order valence-corrected chi connectivity index (χ0v) is 11.2. The Hall–Kier alpha value is -1.16. The molecule has 0 bridgehead atoms. The molecule has 106 valence electrons. The first kappa shape index (κ1) is 14.3. The van der Waals surface area contributed by atoms with Crippen LogP contribution in [0.15, 0.2) is 24.3 Å². The standard InChI is InChI=1S/C15H21F2NO/c1-18-14(10-11-4-2-3-5-11)12-6-8-13(9-7-12)19-15(16)17/h6-9,11,14-15,18H,2-5,10H2,1H3. The molecule has 4 heteroatoms. The van der Waals surface area contributed by atoms with Gasteiger partial charge in [0.05, 0.1) is 0 Å². The highest BCUT2D eigenvalue weighted by molar-refractivity contribution is 5.29. The number of halogens is 2. The second-order valence-electron chi connectivity index (χ2n) is 5.17. The number of benzene rings is 1. The summed E-state index contributed by atoms with van der Waals surface area (Å²) < 4.78 is 28.5. The molecule has 2 rings (SSSR count). The van der Waals surface area contributed by atoms with Crippen molar-refractivity contribution in [1.82, 2.24) is 5.32 Å². The molecule has 19 heavy (non-hydrogen) atoms. The fourth-order valence-electron chi connectivity index (χ4n) is 2.88. The first-order valence-electron chi connectivity index (χ1n) is 6.91. The quantitative estimate of drug-likeness (QED) is 0.838. The first-order chi connectivity index (χ1) is 9.19. The highest BCUT2D eigenvalue weighted by atomic mass is 19.3. The van der Waals surface area contributed by atoms with Gasteiger partial charge in [-0.05, 0) is 37.1 Å². The summed E-state index contributed by atoms with van der Waals surface area (Å²) in [5.74, 6) is 1.00. The third-order valence-corrected chi connectivity index (χ3v) is 3.90. The summed E-state index contributed by atoms with van der Waals surface area (Å²) in [7, 11) is 1.95. The number of ether oxygens (including phenoxy) is 1. The van der Waals surface area contributed by atoms with Crippen molar-refractivity contribution in [2.75, 3.05) is 7.05 Å². The maximum absolute atomic E-state index is 12.1. The van der Waals surface area contributed by atoms with Crippen molar-refractivity contribution < 1.29 is 13.5 Å². The van der Waals surface area contributed by atoms with Gasteiger partial charge in [-0.25, -0.2) is 0 Å². The Labute approximate surface area is 113 Å². The lowest BCUT2D eigenvalue weighted by Gasteiger charge is -2.20. The van der Waals surface area contributed by atoms with Crippen molar-refractivity contribution in [2.45, 2.75) is 44.8 Å². The Balaban J connectivity index is 1.97. The highest BCUT2D eigenvalue weighted by Gasteiger charge is 2.20. The van der Waals surface area contributed by atoms with E-state index < -0.39 is 6.61 Å². The van der Waals surface area contributed by atoms with Crippen LogP contribution in [0.2, 0.25) is 0 Å². The monoisotopic (exact) mass is 269 g/mol. The van der Waals surface area contributed by atoms with Gasteiger partial charge in [0.15, 0.2) is 0 Å². The van der Waals surface area contributed by atoms with E-state index in [2.05, 4.69) is 10.1 Å². The van der Waals surface area contributed by atoms with E-state index in [1.807, 2.05) is 19.2 Å². The van der Waals surface area contributed by atoms with Crippen LogP contribution in [0.4, 0.5) is 8.78 Å². The molecule has 1 aliphatic carbocycles. The average Bonchev–Trinajstić information content (AvgIpc) is 2.89. The van der Waals surface area contributed by atoms with Gasteiger partial charge in [0.1, 0.15) is 5.75 Å². The number of nitrogens with one attached hydrogen (secondary N) is 1. The van der Waals surface area contributed by atoms with Gasteiger partial charge < -0.3 is 10.1 Å². The Bertz CT molecular complexity index is 374. The smallest absolute Gasteiger partial charge is 0.387 e. The van der Waals surface area contributed by atoms with E-state index in [4.69, 9.17) is 0 Å². The fourth-order valence-corrected chi connectivity index (χ4v) is 2.88. The second-order valence-corrected chi connectivity index (χ2v) is 5.17. The van der Waals surface area contributed by atoms with Gasteiger partial charge in [-0.1, -0.05) is 37.8 Å². The molecule has 1 aromatic carbocycles. The maximum atomic E-state index is 12.1. The molecule has 0 aliphatic heterocycles. The van der Waals surface area contributed by atoms with Crippen molar-refractivity contribution in [3.8, 4) is 5.75 Å². The molecule has 1 fully saturated rings. The van der Waals surface area contributed by atoms with E-state index in [0.717, 1.165) is 17.9 Å². The molecule has 1 unspecified atom stereocenters. The number of rotatable bonds is 6. The van der Waals surface area contributed by atoms with Gasteiger partial charge in [-0.15, -0.1) is 0 Å². The van der Waals surface area contributed by atoms with E-state index >= 15 is 0 Å². The van der Waals surface area contributed by atoms with Gasteiger partial charge in [-0.3, -0.25) is 0 Å². The molecule has 1 aromatic rings. The van der Waals surface area contributed by atoms with Crippen molar-refractivity contribution in [3.63, 3.8) is 0 Å². The molecule has 0 radical (unpaired) electrons. The molecule has 0 amide bonds. The van der Waals surface area contributed by atoms with Crippen LogP contribution in [0, 0.1) is 5.92 Å². The summed E-state index contributed by atoms with van der Waals surface area (Å²) in [6.45, 7) is -2.76. The van der Waals surface area contributed by atoms with Crippen LogP contribution in [0.1, 0.15) is 43.7 Å². The Morgan fingerprint density at radius 2 is 1.84 bits per heavy atom. The first-order valence-corrected chi connectivity index (χ1v) is 6.91. The van der Waals surface area contributed by atoms with Crippen LogP contribution in [0.25, 0.3) is 0 Å². The van der Waals surface area contributed by atoms with E-state index in [-0.39, 0.29) is 5.75 Å². The number of alkyl halides is 2. The van der Waals surface area contributed by atoms with E-state index in [0.29, 0.717) is 6.04 Å². The zero-order chi connectivity index (χ0) is 13.7. The molecule has 2 nitrogen and oxygen atoms in total. The van der Waals surface area contributed by atoms with E-state index in [9.17, 15) is 8.78 Å². The minimum atomic E-state index is -2.76. The van der Waals surface area contributed by atoms with Gasteiger partial charge in [0, 0.05) is 6.04 Å². The van der Waals surface area contributed by atoms with Crippen LogP contribution in [-0.2, 0) is 0 Å². The highest BCUT2D eigenvalue weighted by Crippen LogP contribution is 2.33. The van der Waals surface area contributed by atoms with Crippen molar-refractivity contribution in [3.05, 3.63) is 29.8 Å². The largest absolute Gasteiger partial charge is 0.435 e. The summed E-state index contributed by atoms with van der Waals surface area (Å²) in [6.07, 6.45) is 6.41. The Morgan fingerprint density at radius 3 is 2.37 bits per heavy atom. The third-order valence-electron chi connectivity index (χ3n) is 3.90. The van der Waals surface area contributed by atoms with Crippen LogP contribution < -0.4 is 10.1 Å². The molecule has 1 aliphatic rings. The summed E-state index contributed by atoms with van der Waals surface area (Å²) in [5.41, 5.74) is 1.14. The SMILES string of the molecule is CNC(CC1CCCC1)c1ccc(OC(F)F)cc1. The summed E-state index contributed by atoms with van der Waals surface area (Å²) >= 11 is 0. The zero-order valence-electron chi connectivity index (χ0n) is 11.2. The van der Waals surface area contributed by atoms with Crippen LogP contribution in [0.5, 0.6) is 5.75 Å². The van der Waals surface area contributed by atoms with Gasteiger partial charge >= 0.3 is 6.61 Å². The summed E-state index contributed by atoms with van der Waals surface area (Å²) in [6, 6.07) is 7.26. The Kier molecular flexibility index (Phi) is 5.14. The molecule has 0 heterocycles. The lowest BCUT2D eigenvalue weighted by molar-refractivity contribution is -0.0498. The molecular formula is C15H21F2NO. The normalized spacial score (nSPS) is 17.9. The minimum Gasteiger partial charge on any atom is -0.435 e. The number of hydrogen-bond donors (Lipinski definition) is 1. The third kappa shape index (κ3) is 4.16.